The van der Waals surface area contributed by atoms with Gasteiger partial charge in [0.2, 0.25) is 11.8 Å². The number of hydrogen-bond acceptors (Lipinski definition) is 4. The number of morpholine rings is 1. The molecule has 2 fully saturated rings. The third-order valence-corrected chi connectivity index (χ3v) is 4.80. The third-order valence-electron chi connectivity index (χ3n) is 4.80. The molecule has 0 unspecified atom stereocenters. The van der Waals surface area contributed by atoms with Gasteiger partial charge in [-0.25, -0.2) is 0 Å². The van der Waals surface area contributed by atoms with E-state index in [1.807, 2.05) is 30.3 Å². The summed E-state index contributed by atoms with van der Waals surface area (Å²) in [6.45, 7) is 3.91. The topological polar surface area (TPSA) is 79.0 Å². The molecule has 2 aliphatic heterocycles. The molecule has 7 heteroatoms. The fourth-order valence-corrected chi connectivity index (χ4v) is 3.32. The van der Waals surface area contributed by atoms with Crippen LogP contribution in [-0.2, 0) is 25.7 Å². The zero-order chi connectivity index (χ0) is 19.2. The highest BCUT2D eigenvalue weighted by atomic mass is 16.5. The van der Waals surface area contributed by atoms with Gasteiger partial charge in [0, 0.05) is 26.1 Å². The summed E-state index contributed by atoms with van der Waals surface area (Å²) in [5, 5.41) is 2.84. The van der Waals surface area contributed by atoms with E-state index in [1.54, 1.807) is 11.8 Å². The van der Waals surface area contributed by atoms with Crippen molar-refractivity contribution in [2.24, 2.45) is 0 Å². The van der Waals surface area contributed by atoms with Gasteiger partial charge in [-0.15, -0.1) is 0 Å². The highest BCUT2D eigenvalue weighted by molar-refractivity contribution is 6.02. The number of likely N-dealkylation sites (tertiary alicyclic amines) is 1. The maximum atomic E-state index is 12.7. The van der Waals surface area contributed by atoms with Crippen molar-refractivity contribution in [3.05, 3.63) is 35.9 Å². The number of carbonyl (C=O) groups is 3. The van der Waals surface area contributed by atoms with Crippen molar-refractivity contribution in [3.8, 4) is 11.8 Å². The minimum atomic E-state index is -0.669. The number of rotatable bonds is 4. The van der Waals surface area contributed by atoms with E-state index in [0.717, 1.165) is 5.56 Å². The van der Waals surface area contributed by atoms with Crippen LogP contribution >= 0.6 is 0 Å². The van der Waals surface area contributed by atoms with E-state index in [-0.39, 0.29) is 11.8 Å². The lowest BCUT2D eigenvalue weighted by molar-refractivity contribution is -0.162. The van der Waals surface area contributed by atoms with Gasteiger partial charge in [-0.05, 0) is 18.4 Å². The number of nitrogens with zero attached hydrogens (tertiary/aromatic N) is 2. The van der Waals surface area contributed by atoms with Crippen LogP contribution in [0.3, 0.4) is 0 Å². The number of hydrogen-bond donors (Lipinski definition) is 1. The molecule has 3 rings (SSSR count). The molecule has 2 atom stereocenters. The van der Waals surface area contributed by atoms with Gasteiger partial charge < -0.3 is 19.9 Å². The second-order valence-electron chi connectivity index (χ2n) is 6.50. The highest BCUT2D eigenvalue weighted by Crippen LogP contribution is 2.28. The molecule has 0 spiro atoms. The smallest absolute Gasteiger partial charge is 0.299 e. The minimum Gasteiger partial charge on any atom is -0.378 e. The van der Waals surface area contributed by atoms with Crippen molar-refractivity contribution in [3.63, 3.8) is 0 Å². The molecular formula is C20H23N3O4. The zero-order valence-electron chi connectivity index (χ0n) is 15.3. The second kappa shape index (κ2) is 8.69. The number of ether oxygens (including phenoxy) is 1. The molecule has 7 nitrogen and oxygen atoms in total. The van der Waals surface area contributed by atoms with E-state index in [4.69, 9.17) is 4.74 Å². The molecule has 0 aromatic heterocycles. The molecule has 0 aliphatic carbocycles. The van der Waals surface area contributed by atoms with Gasteiger partial charge in [0.05, 0.1) is 13.2 Å². The molecule has 1 aromatic carbocycles. The quantitative estimate of drug-likeness (QED) is 0.767. The monoisotopic (exact) mass is 369 g/mol. The Kier molecular flexibility index (Phi) is 6.09. The number of benzene rings is 1. The Morgan fingerprint density at radius 3 is 2.52 bits per heavy atom. The van der Waals surface area contributed by atoms with Crippen LogP contribution in [-0.4, -0.2) is 65.9 Å². The van der Waals surface area contributed by atoms with Gasteiger partial charge in [0.25, 0.3) is 5.91 Å². The van der Waals surface area contributed by atoms with Gasteiger partial charge in [-0.2, -0.15) is 0 Å². The van der Waals surface area contributed by atoms with Crippen molar-refractivity contribution >= 4 is 17.7 Å². The highest BCUT2D eigenvalue weighted by Gasteiger charge is 2.50. The lowest BCUT2D eigenvalue weighted by atomic mass is 9.90. The van der Waals surface area contributed by atoms with Crippen LogP contribution in [0.15, 0.2) is 30.3 Å². The van der Waals surface area contributed by atoms with Crippen LogP contribution in [0.1, 0.15) is 18.9 Å². The molecule has 27 heavy (non-hydrogen) atoms. The van der Waals surface area contributed by atoms with E-state index < -0.39 is 18.0 Å². The molecule has 2 heterocycles. The summed E-state index contributed by atoms with van der Waals surface area (Å²) in [5.41, 5.74) is 0.970. The predicted octanol–water partition coefficient (Wildman–Crippen LogP) is 0.154. The third kappa shape index (κ3) is 4.29. The van der Waals surface area contributed by atoms with Crippen LogP contribution in [0.25, 0.3) is 0 Å². The molecule has 1 aromatic rings. The summed E-state index contributed by atoms with van der Waals surface area (Å²) in [4.78, 5) is 40.7. The first-order chi connectivity index (χ1) is 13.1. The molecule has 142 valence electrons. The Morgan fingerprint density at radius 1 is 1.15 bits per heavy atom. The Hall–Kier alpha value is -2.85. The van der Waals surface area contributed by atoms with Crippen LogP contribution in [0, 0.1) is 11.8 Å². The molecular weight excluding hydrogens is 346 g/mol. The fourth-order valence-electron chi connectivity index (χ4n) is 3.32. The Labute approximate surface area is 158 Å². The molecule has 1 N–H and O–H groups in total. The molecule has 2 aliphatic rings. The number of nitrogens with one attached hydrogen (secondary N) is 1. The zero-order valence-corrected chi connectivity index (χ0v) is 15.3. The van der Waals surface area contributed by atoms with Crippen molar-refractivity contribution in [1.29, 1.82) is 0 Å². The molecule has 0 radical (unpaired) electrons. The first-order valence-corrected chi connectivity index (χ1v) is 9.05. The number of amides is 3. The van der Waals surface area contributed by atoms with E-state index in [2.05, 4.69) is 17.2 Å². The van der Waals surface area contributed by atoms with Crippen LogP contribution in [0.5, 0.6) is 0 Å². The second-order valence-corrected chi connectivity index (χ2v) is 6.50. The summed E-state index contributed by atoms with van der Waals surface area (Å²) in [7, 11) is 0. The van der Waals surface area contributed by atoms with Crippen LogP contribution in [0.2, 0.25) is 0 Å². The van der Waals surface area contributed by atoms with Crippen molar-refractivity contribution in [1.82, 2.24) is 15.1 Å². The first kappa shape index (κ1) is 18.9. The summed E-state index contributed by atoms with van der Waals surface area (Å²) in [6.07, 6.45) is 0.313. The SMILES string of the molecule is CC#CC(=O)N1[C@@H](C(=O)NCc2ccccc2)C[C@H]1C(=O)N1CCOCC1. The van der Waals surface area contributed by atoms with E-state index in [0.29, 0.717) is 39.3 Å². The standard InChI is InChI=1S/C20H23N3O4/c1-2-6-18(24)23-16(19(25)21-14-15-7-4-3-5-8-15)13-17(23)20(26)22-9-11-27-12-10-22/h3-5,7-8,16-17H,9-14H2,1H3,(H,21,25)/t16-,17+/m1/s1. The molecule has 2 saturated heterocycles. The largest absolute Gasteiger partial charge is 0.378 e. The van der Waals surface area contributed by atoms with Crippen molar-refractivity contribution < 1.29 is 19.1 Å². The maximum Gasteiger partial charge on any atom is 0.299 e. The molecule has 0 saturated carbocycles. The van der Waals surface area contributed by atoms with Gasteiger partial charge in [-0.1, -0.05) is 36.3 Å². The van der Waals surface area contributed by atoms with Crippen molar-refractivity contribution in [2.75, 3.05) is 26.3 Å². The summed E-state index contributed by atoms with van der Waals surface area (Å²) < 4.78 is 5.27. The average molecular weight is 369 g/mol. The molecule has 0 bridgehead atoms. The summed E-state index contributed by atoms with van der Waals surface area (Å²) in [5.74, 6) is 4.11. The summed E-state index contributed by atoms with van der Waals surface area (Å²) >= 11 is 0. The van der Waals surface area contributed by atoms with Crippen LogP contribution < -0.4 is 5.32 Å². The van der Waals surface area contributed by atoms with Gasteiger partial charge in [0.15, 0.2) is 0 Å². The molecule has 3 amide bonds. The lowest BCUT2D eigenvalue weighted by Crippen LogP contribution is -2.68. The van der Waals surface area contributed by atoms with Gasteiger partial charge in [0.1, 0.15) is 12.1 Å². The Bertz CT molecular complexity index is 762. The van der Waals surface area contributed by atoms with Gasteiger partial charge >= 0.3 is 0 Å². The van der Waals surface area contributed by atoms with E-state index >= 15 is 0 Å². The average Bonchev–Trinajstić information content (AvgIpc) is 2.67. The van der Waals surface area contributed by atoms with Gasteiger partial charge in [-0.3, -0.25) is 14.4 Å². The van der Waals surface area contributed by atoms with E-state index in [9.17, 15) is 14.4 Å². The maximum absolute atomic E-state index is 12.7. The minimum absolute atomic E-state index is 0.142. The predicted molar refractivity (Wildman–Crippen MR) is 98.2 cm³/mol. The lowest BCUT2D eigenvalue weighted by Gasteiger charge is -2.47. The van der Waals surface area contributed by atoms with Crippen molar-refractivity contribution in [2.45, 2.75) is 32.0 Å². The number of carbonyl (C=O) groups excluding carboxylic acids is 3. The Morgan fingerprint density at radius 2 is 1.85 bits per heavy atom. The summed E-state index contributed by atoms with van der Waals surface area (Å²) in [6, 6.07) is 8.22. The van der Waals surface area contributed by atoms with E-state index in [1.165, 1.54) is 4.90 Å². The van der Waals surface area contributed by atoms with Crippen LogP contribution in [0.4, 0.5) is 0 Å². The fraction of sp³-hybridized carbons (Fsp3) is 0.450. The first-order valence-electron chi connectivity index (χ1n) is 9.05. The normalized spacial score (nSPS) is 21.5. The Balaban J connectivity index is 1.65.